The molecular weight excluding hydrogens is 396 g/mol. The summed E-state index contributed by atoms with van der Waals surface area (Å²) in [5.41, 5.74) is 3.85. The number of ether oxygens (including phenoxy) is 2. The van der Waals surface area contributed by atoms with Crippen LogP contribution in [0.15, 0.2) is 18.2 Å². The van der Waals surface area contributed by atoms with E-state index in [1.165, 1.54) is 0 Å². The number of nitrogens with one attached hydrogen (secondary N) is 2. The zero-order valence-electron chi connectivity index (χ0n) is 16.6. The number of carbonyl (C=O) groups excluding carboxylic acids is 2. The number of hydrogen-bond acceptors (Lipinski definition) is 6. The van der Waals surface area contributed by atoms with Crippen molar-refractivity contribution in [2.75, 3.05) is 23.8 Å². The topological polar surface area (TPSA) is 76.7 Å². The lowest BCUT2D eigenvalue weighted by atomic mass is 10.1. The van der Waals surface area contributed by atoms with E-state index in [1.54, 1.807) is 20.8 Å². The fraction of sp³-hybridized carbons (Fsp3) is 0.350. The van der Waals surface area contributed by atoms with Gasteiger partial charge in [-0.25, -0.2) is 9.59 Å². The summed E-state index contributed by atoms with van der Waals surface area (Å²) >= 11 is 6.52. The fourth-order valence-electron chi connectivity index (χ4n) is 2.75. The number of carbonyl (C=O) groups is 2. The molecule has 2 aromatic rings. The zero-order chi connectivity index (χ0) is 20.8. The highest BCUT2D eigenvalue weighted by atomic mass is 32.1. The third kappa shape index (κ3) is 5.30. The summed E-state index contributed by atoms with van der Waals surface area (Å²) in [5.74, 6) is -0.986. The van der Waals surface area contributed by atoms with Crippen molar-refractivity contribution >= 4 is 51.3 Å². The van der Waals surface area contributed by atoms with Crippen molar-refractivity contribution in [3.63, 3.8) is 0 Å². The number of benzene rings is 1. The molecule has 28 heavy (non-hydrogen) atoms. The summed E-state index contributed by atoms with van der Waals surface area (Å²) in [6.45, 7) is 9.64. The first-order chi connectivity index (χ1) is 13.3. The van der Waals surface area contributed by atoms with Gasteiger partial charge in [0.15, 0.2) is 5.11 Å². The molecule has 0 amide bonds. The van der Waals surface area contributed by atoms with Crippen LogP contribution in [0.5, 0.6) is 0 Å². The Kier molecular flexibility index (Phi) is 7.53. The van der Waals surface area contributed by atoms with Crippen molar-refractivity contribution in [1.29, 1.82) is 0 Å². The van der Waals surface area contributed by atoms with E-state index in [2.05, 4.69) is 16.7 Å². The molecule has 2 N–H and O–H groups in total. The van der Waals surface area contributed by atoms with Gasteiger partial charge in [0, 0.05) is 5.69 Å². The van der Waals surface area contributed by atoms with Crippen molar-refractivity contribution in [3.8, 4) is 0 Å². The molecule has 1 aromatic heterocycles. The van der Waals surface area contributed by atoms with Crippen LogP contribution in [0.1, 0.15) is 50.6 Å². The van der Waals surface area contributed by atoms with E-state index >= 15 is 0 Å². The van der Waals surface area contributed by atoms with Gasteiger partial charge in [0.1, 0.15) is 9.88 Å². The number of hydrogen-bond donors (Lipinski definition) is 2. The Labute approximate surface area is 174 Å². The van der Waals surface area contributed by atoms with Crippen molar-refractivity contribution in [3.05, 3.63) is 45.3 Å². The first kappa shape index (κ1) is 21.8. The number of anilines is 2. The zero-order valence-corrected chi connectivity index (χ0v) is 18.2. The molecule has 0 aliphatic carbocycles. The maximum absolute atomic E-state index is 12.4. The Morgan fingerprint density at radius 1 is 0.964 bits per heavy atom. The number of rotatable bonds is 6. The molecule has 0 aliphatic heterocycles. The van der Waals surface area contributed by atoms with Gasteiger partial charge >= 0.3 is 11.9 Å². The van der Waals surface area contributed by atoms with E-state index < -0.39 is 11.9 Å². The smallest absolute Gasteiger partial charge is 0.348 e. The Morgan fingerprint density at radius 3 is 2.11 bits per heavy atom. The van der Waals surface area contributed by atoms with Crippen LogP contribution in [0.3, 0.4) is 0 Å². The standard InChI is InChI=1S/C20H24N2O4S2/c1-6-25-18(23)15-13(5)16(19(24)26-7-2)28-17(15)22-20(27)21-14-9-11(3)8-12(4)10-14/h8-10H,6-7H2,1-5H3,(H2,21,22,27). The lowest BCUT2D eigenvalue weighted by Gasteiger charge is -2.12. The Hall–Kier alpha value is -2.45. The van der Waals surface area contributed by atoms with Gasteiger partial charge in [0.25, 0.3) is 0 Å². The Bertz CT molecular complexity index is 886. The third-order valence-corrected chi connectivity index (χ3v) is 5.19. The maximum atomic E-state index is 12.4. The second kappa shape index (κ2) is 9.66. The molecule has 8 heteroatoms. The molecule has 0 atom stereocenters. The van der Waals surface area contributed by atoms with E-state index in [4.69, 9.17) is 21.7 Å². The molecule has 0 spiro atoms. The average Bonchev–Trinajstić information content (AvgIpc) is 2.90. The number of aryl methyl sites for hydroxylation is 2. The SMILES string of the molecule is CCOC(=O)c1sc(NC(=S)Nc2cc(C)cc(C)c2)c(C(=O)OCC)c1C. The summed E-state index contributed by atoms with van der Waals surface area (Å²) in [7, 11) is 0. The molecule has 0 unspecified atom stereocenters. The fourth-order valence-corrected chi connectivity index (χ4v) is 4.13. The van der Waals surface area contributed by atoms with Crippen LogP contribution in [0.25, 0.3) is 0 Å². The van der Waals surface area contributed by atoms with E-state index in [0.29, 0.717) is 26.1 Å². The quantitative estimate of drug-likeness (QED) is 0.512. The van der Waals surface area contributed by atoms with Gasteiger partial charge in [-0.2, -0.15) is 0 Å². The average molecular weight is 421 g/mol. The molecule has 2 rings (SSSR count). The van der Waals surface area contributed by atoms with Crippen LogP contribution in [-0.2, 0) is 9.47 Å². The molecule has 0 fully saturated rings. The van der Waals surface area contributed by atoms with Crippen LogP contribution in [0.4, 0.5) is 10.7 Å². The van der Waals surface area contributed by atoms with Crippen molar-refractivity contribution in [2.45, 2.75) is 34.6 Å². The minimum atomic E-state index is -0.511. The largest absolute Gasteiger partial charge is 0.462 e. The number of thiocarbonyl (C=S) groups is 1. The van der Waals surface area contributed by atoms with Gasteiger partial charge in [0.05, 0.1) is 18.8 Å². The molecule has 6 nitrogen and oxygen atoms in total. The predicted octanol–water partition coefficient (Wildman–Crippen LogP) is 4.84. The Balaban J connectivity index is 2.31. The van der Waals surface area contributed by atoms with Crippen LogP contribution < -0.4 is 10.6 Å². The highest BCUT2D eigenvalue weighted by molar-refractivity contribution is 7.80. The van der Waals surface area contributed by atoms with E-state index in [-0.39, 0.29) is 13.2 Å². The third-order valence-electron chi connectivity index (χ3n) is 3.79. The molecule has 0 bridgehead atoms. The maximum Gasteiger partial charge on any atom is 0.348 e. The van der Waals surface area contributed by atoms with Gasteiger partial charge in [-0.1, -0.05) is 6.07 Å². The second-order valence-corrected chi connectivity index (χ2v) is 7.59. The molecule has 1 heterocycles. The minimum absolute atomic E-state index is 0.230. The highest BCUT2D eigenvalue weighted by Crippen LogP contribution is 2.34. The van der Waals surface area contributed by atoms with Gasteiger partial charge in [-0.15, -0.1) is 11.3 Å². The molecular formula is C20H24N2O4S2. The molecule has 0 aliphatic rings. The number of esters is 2. The van der Waals surface area contributed by atoms with Crippen LogP contribution in [-0.4, -0.2) is 30.3 Å². The predicted molar refractivity (Wildman–Crippen MR) is 117 cm³/mol. The van der Waals surface area contributed by atoms with Crippen LogP contribution >= 0.6 is 23.6 Å². The van der Waals surface area contributed by atoms with E-state index in [0.717, 1.165) is 28.2 Å². The lowest BCUT2D eigenvalue weighted by Crippen LogP contribution is -2.20. The van der Waals surface area contributed by atoms with Crippen LogP contribution in [0.2, 0.25) is 0 Å². The normalized spacial score (nSPS) is 10.3. The van der Waals surface area contributed by atoms with E-state index in [9.17, 15) is 9.59 Å². The van der Waals surface area contributed by atoms with Crippen molar-refractivity contribution in [1.82, 2.24) is 0 Å². The van der Waals surface area contributed by atoms with E-state index in [1.807, 2.05) is 26.0 Å². The van der Waals surface area contributed by atoms with Gasteiger partial charge in [0.2, 0.25) is 0 Å². The summed E-state index contributed by atoms with van der Waals surface area (Å²) in [5, 5.41) is 6.90. The Morgan fingerprint density at radius 2 is 1.54 bits per heavy atom. The first-order valence-corrected chi connectivity index (χ1v) is 10.1. The molecule has 1 aromatic carbocycles. The lowest BCUT2D eigenvalue weighted by molar-refractivity contribution is 0.0527. The molecule has 0 saturated carbocycles. The van der Waals surface area contributed by atoms with Gasteiger partial charge in [-0.3, -0.25) is 0 Å². The summed E-state index contributed by atoms with van der Waals surface area (Å²) in [6, 6.07) is 6.00. The highest BCUT2D eigenvalue weighted by Gasteiger charge is 2.26. The van der Waals surface area contributed by atoms with Crippen molar-refractivity contribution < 1.29 is 19.1 Å². The minimum Gasteiger partial charge on any atom is -0.462 e. The first-order valence-electron chi connectivity index (χ1n) is 8.90. The van der Waals surface area contributed by atoms with Gasteiger partial charge < -0.3 is 20.1 Å². The molecule has 0 saturated heterocycles. The second-order valence-electron chi connectivity index (χ2n) is 6.16. The van der Waals surface area contributed by atoms with Gasteiger partial charge in [-0.05, 0) is 75.7 Å². The molecule has 0 radical (unpaired) electrons. The molecule has 150 valence electrons. The summed E-state index contributed by atoms with van der Waals surface area (Å²) < 4.78 is 10.2. The summed E-state index contributed by atoms with van der Waals surface area (Å²) in [4.78, 5) is 25.0. The van der Waals surface area contributed by atoms with Crippen molar-refractivity contribution in [2.24, 2.45) is 0 Å². The number of thiophene rings is 1. The van der Waals surface area contributed by atoms with Crippen LogP contribution in [0, 0.1) is 20.8 Å². The summed E-state index contributed by atoms with van der Waals surface area (Å²) in [6.07, 6.45) is 0. The monoisotopic (exact) mass is 420 g/mol.